The number of para-hydroxylation sites is 2. The highest BCUT2D eigenvalue weighted by Crippen LogP contribution is 2.48. The summed E-state index contributed by atoms with van der Waals surface area (Å²) in [6, 6.07) is 23.3. The number of nitrogens with one attached hydrogen (secondary N) is 1. The SMILES string of the molecule is CCCCCC(=O)N1c2ccccc2NC2=C(C(=O)C[C@@H](c3ccc(C)cc3)C2)[C@@H]1c1ccccc1Cl. The van der Waals surface area contributed by atoms with Gasteiger partial charge in [0, 0.05) is 29.1 Å². The van der Waals surface area contributed by atoms with Gasteiger partial charge in [-0.1, -0.05) is 91.5 Å². The molecular formula is C32H33ClN2O2. The molecule has 0 aromatic heterocycles. The summed E-state index contributed by atoms with van der Waals surface area (Å²) in [4.78, 5) is 29.8. The first kappa shape index (κ1) is 25.3. The molecule has 190 valence electrons. The number of halogens is 1. The molecule has 2 atom stereocenters. The van der Waals surface area contributed by atoms with E-state index < -0.39 is 6.04 Å². The average molecular weight is 513 g/mol. The molecule has 5 rings (SSSR count). The Bertz CT molecular complexity index is 1340. The van der Waals surface area contributed by atoms with Crippen LogP contribution in [0.15, 0.2) is 84.1 Å². The monoisotopic (exact) mass is 512 g/mol. The van der Waals surface area contributed by atoms with Gasteiger partial charge >= 0.3 is 0 Å². The van der Waals surface area contributed by atoms with E-state index in [1.165, 1.54) is 5.56 Å². The third-order valence-corrected chi connectivity index (χ3v) is 7.84. The van der Waals surface area contributed by atoms with Crippen molar-refractivity contribution in [1.82, 2.24) is 0 Å². The van der Waals surface area contributed by atoms with E-state index >= 15 is 0 Å². The van der Waals surface area contributed by atoms with Crippen molar-refractivity contribution in [2.45, 2.75) is 64.3 Å². The van der Waals surface area contributed by atoms with E-state index in [0.29, 0.717) is 29.9 Å². The molecule has 0 radical (unpaired) electrons. The molecule has 4 nitrogen and oxygen atoms in total. The first-order valence-electron chi connectivity index (χ1n) is 13.2. The molecule has 37 heavy (non-hydrogen) atoms. The first-order chi connectivity index (χ1) is 18.0. The Balaban J connectivity index is 1.67. The minimum absolute atomic E-state index is 0.00910. The van der Waals surface area contributed by atoms with Crippen LogP contribution in [0.5, 0.6) is 0 Å². The van der Waals surface area contributed by atoms with Crippen molar-refractivity contribution in [3.05, 3.63) is 106 Å². The van der Waals surface area contributed by atoms with Crippen LogP contribution in [0.3, 0.4) is 0 Å². The highest BCUT2D eigenvalue weighted by atomic mass is 35.5. The Morgan fingerprint density at radius 3 is 2.46 bits per heavy atom. The molecule has 1 aliphatic carbocycles. The lowest BCUT2D eigenvalue weighted by molar-refractivity contribution is -0.119. The van der Waals surface area contributed by atoms with Crippen molar-refractivity contribution < 1.29 is 9.59 Å². The molecule has 1 amide bonds. The van der Waals surface area contributed by atoms with E-state index in [0.717, 1.165) is 47.5 Å². The Labute approximate surface area is 224 Å². The molecule has 0 saturated carbocycles. The molecule has 0 spiro atoms. The molecule has 0 saturated heterocycles. The first-order valence-corrected chi connectivity index (χ1v) is 13.6. The summed E-state index contributed by atoms with van der Waals surface area (Å²) >= 11 is 6.76. The van der Waals surface area contributed by atoms with Crippen LogP contribution in [0.25, 0.3) is 0 Å². The fourth-order valence-electron chi connectivity index (χ4n) is 5.58. The largest absolute Gasteiger partial charge is 0.357 e. The summed E-state index contributed by atoms with van der Waals surface area (Å²) in [6.07, 6.45) is 4.35. The van der Waals surface area contributed by atoms with E-state index in [2.05, 4.69) is 43.4 Å². The highest BCUT2D eigenvalue weighted by Gasteiger charge is 2.42. The predicted octanol–water partition coefficient (Wildman–Crippen LogP) is 8.13. The van der Waals surface area contributed by atoms with Gasteiger partial charge in [-0.05, 0) is 55.0 Å². The molecule has 1 N–H and O–H groups in total. The minimum Gasteiger partial charge on any atom is -0.357 e. The number of Topliss-reactive ketones (excluding diaryl/α,β-unsaturated/α-hetero) is 1. The quantitative estimate of drug-likeness (QED) is 0.339. The topological polar surface area (TPSA) is 49.4 Å². The smallest absolute Gasteiger partial charge is 0.227 e. The van der Waals surface area contributed by atoms with Gasteiger partial charge in [0.2, 0.25) is 5.91 Å². The van der Waals surface area contributed by atoms with Gasteiger partial charge in [0.15, 0.2) is 5.78 Å². The fraction of sp³-hybridized carbons (Fsp3) is 0.312. The number of anilines is 2. The summed E-state index contributed by atoms with van der Waals surface area (Å²) in [7, 11) is 0. The maximum atomic E-state index is 14.0. The molecule has 3 aromatic rings. The van der Waals surface area contributed by atoms with Crippen LogP contribution in [0.4, 0.5) is 11.4 Å². The molecule has 0 bridgehead atoms. The molecule has 1 heterocycles. The van der Waals surface area contributed by atoms with Crippen LogP contribution in [-0.2, 0) is 9.59 Å². The number of allylic oxidation sites excluding steroid dienone is 1. The second-order valence-corrected chi connectivity index (χ2v) is 10.5. The Morgan fingerprint density at radius 1 is 0.973 bits per heavy atom. The number of amides is 1. The second-order valence-electron chi connectivity index (χ2n) is 10.1. The average Bonchev–Trinajstić information content (AvgIpc) is 3.04. The lowest BCUT2D eigenvalue weighted by Crippen LogP contribution is -2.38. The number of fused-ring (bicyclic) bond motifs is 1. The van der Waals surface area contributed by atoms with Gasteiger partial charge in [0.25, 0.3) is 0 Å². The van der Waals surface area contributed by atoms with E-state index in [1.807, 2.05) is 53.4 Å². The summed E-state index contributed by atoms with van der Waals surface area (Å²) in [5.74, 6) is 0.142. The van der Waals surface area contributed by atoms with Crippen LogP contribution in [0.1, 0.15) is 74.1 Å². The maximum absolute atomic E-state index is 14.0. The van der Waals surface area contributed by atoms with Crippen LogP contribution in [-0.4, -0.2) is 11.7 Å². The normalized spacial score (nSPS) is 19.1. The van der Waals surface area contributed by atoms with E-state index in [-0.39, 0.29) is 17.6 Å². The molecule has 2 aliphatic rings. The van der Waals surface area contributed by atoms with E-state index in [9.17, 15) is 9.59 Å². The standard InChI is InChI=1S/C32H33ClN2O2/c1-3-4-5-14-30(37)35-28-13-9-8-12-26(28)34-27-19-23(22-17-15-21(2)16-18-22)20-29(36)31(27)32(35)24-10-6-7-11-25(24)33/h6-13,15-18,23,32,34H,3-5,14,19-20H2,1-2H3/t23-,32-/m0/s1. The van der Waals surface area contributed by atoms with Gasteiger partial charge in [-0.15, -0.1) is 0 Å². The zero-order chi connectivity index (χ0) is 25.9. The number of hydrogen-bond donors (Lipinski definition) is 1. The Morgan fingerprint density at radius 2 is 1.70 bits per heavy atom. The second kappa shape index (κ2) is 10.9. The van der Waals surface area contributed by atoms with Gasteiger partial charge in [0.1, 0.15) is 0 Å². The predicted molar refractivity (Wildman–Crippen MR) is 151 cm³/mol. The van der Waals surface area contributed by atoms with Gasteiger partial charge in [-0.25, -0.2) is 0 Å². The van der Waals surface area contributed by atoms with Crippen LogP contribution >= 0.6 is 11.6 Å². The van der Waals surface area contributed by atoms with Crippen LogP contribution < -0.4 is 10.2 Å². The highest BCUT2D eigenvalue weighted by molar-refractivity contribution is 6.31. The molecular weight excluding hydrogens is 480 g/mol. The van der Waals surface area contributed by atoms with Crippen molar-refractivity contribution in [1.29, 1.82) is 0 Å². The van der Waals surface area contributed by atoms with Gasteiger partial charge < -0.3 is 5.32 Å². The lowest BCUT2D eigenvalue weighted by Gasteiger charge is -2.35. The fourth-order valence-corrected chi connectivity index (χ4v) is 5.82. The van der Waals surface area contributed by atoms with Gasteiger partial charge in [-0.2, -0.15) is 0 Å². The number of aryl methyl sites for hydroxylation is 1. The van der Waals surface area contributed by atoms with E-state index in [4.69, 9.17) is 11.6 Å². The van der Waals surface area contributed by atoms with Crippen LogP contribution in [0, 0.1) is 6.92 Å². The minimum atomic E-state index is -0.583. The van der Waals surface area contributed by atoms with Gasteiger partial charge in [-0.3, -0.25) is 14.5 Å². The number of carbonyl (C=O) groups is 2. The summed E-state index contributed by atoms with van der Waals surface area (Å²) in [6.45, 7) is 4.20. The number of unbranched alkanes of at least 4 members (excludes halogenated alkanes) is 2. The van der Waals surface area contributed by atoms with Crippen molar-refractivity contribution >= 4 is 34.7 Å². The number of benzene rings is 3. The molecule has 3 aromatic carbocycles. The third kappa shape index (κ3) is 5.08. The van der Waals surface area contributed by atoms with Crippen molar-refractivity contribution in [3.63, 3.8) is 0 Å². The zero-order valence-corrected chi connectivity index (χ0v) is 22.2. The molecule has 0 unspecified atom stereocenters. The van der Waals surface area contributed by atoms with Crippen molar-refractivity contribution in [2.24, 2.45) is 0 Å². The number of hydrogen-bond acceptors (Lipinski definition) is 3. The molecule has 5 heteroatoms. The Kier molecular flexibility index (Phi) is 7.48. The van der Waals surface area contributed by atoms with Gasteiger partial charge in [0.05, 0.1) is 17.4 Å². The van der Waals surface area contributed by atoms with Crippen molar-refractivity contribution in [3.8, 4) is 0 Å². The number of nitrogens with zero attached hydrogens (tertiary/aromatic N) is 1. The molecule has 1 aliphatic heterocycles. The Hall–Kier alpha value is -3.37. The third-order valence-electron chi connectivity index (χ3n) is 7.50. The molecule has 0 fully saturated rings. The van der Waals surface area contributed by atoms with Crippen LogP contribution in [0.2, 0.25) is 5.02 Å². The lowest BCUT2D eigenvalue weighted by atomic mass is 9.78. The van der Waals surface area contributed by atoms with Crippen molar-refractivity contribution in [2.75, 3.05) is 10.2 Å². The van der Waals surface area contributed by atoms with E-state index in [1.54, 1.807) is 0 Å². The number of rotatable bonds is 6. The summed E-state index contributed by atoms with van der Waals surface area (Å²) in [5.41, 5.74) is 6.28. The number of ketones is 1. The zero-order valence-electron chi connectivity index (χ0n) is 21.5. The number of carbonyl (C=O) groups excluding carboxylic acids is 2. The summed E-state index contributed by atoms with van der Waals surface area (Å²) in [5, 5.41) is 4.15. The summed E-state index contributed by atoms with van der Waals surface area (Å²) < 4.78 is 0. The maximum Gasteiger partial charge on any atom is 0.227 e.